The van der Waals surface area contributed by atoms with Crippen LogP contribution < -0.4 is 10.2 Å². The minimum absolute atomic E-state index is 1.18. The number of nitrogens with zero attached hydrogens (tertiary/aromatic N) is 1. The molecule has 1 aliphatic rings. The fourth-order valence-corrected chi connectivity index (χ4v) is 1.91. The van der Waals surface area contributed by atoms with Crippen LogP contribution in [0.4, 0.5) is 11.4 Å². The van der Waals surface area contributed by atoms with Crippen LogP contribution in [0.25, 0.3) is 0 Å². The van der Waals surface area contributed by atoms with Crippen molar-refractivity contribution in [1.82, 2.24) is 0 Å². The predicted octanol–water partition coefficient (Wildman–Crippen LogP) is 2.11. The molecule has 0 aliphatic carbocycles. The van der Waals surface area contributed by atoms with E-state index in [-0.39, 0.29) is 0 Å². The monoisotopic (exact) mass is 176 g/mol. The average Bonchev–Trinajstić information content (AvgIpc) is 2.18. The number of hydrogen-bond donors (Lipinski definition) is 1. The van der Waals surface area contributed by atoms with Crippen LogP contribution in [0.1, 0.15) is 12.0 Å². The molecule has 1 aromatic carbocycles. The van der Waals surface area contributed by atoms with E-state index < -0.39 is 0 Å². The van der Waals surface area contributed by atoms with E-state index in [1.807, 2.05) is 7.05 Å². The Labute approximate surface area is 79.6 Å². The van der Waals surface area contributed by atoms with Gasteiger partial charge in [0.25, 0.3) is 0 Å². The molecule has 1 N–H and O–H groups in total. The van der Waals surface area contributed by atoms with Crippen LogP contribution in [-0.2, 0) is 6.42 Å². The molecule has 0 aromatic heterocycles. The Bertz CT molecular complexity index is 307. The summed E-state index contributed by atoms with van der Waals surface area (Å²) in [5.74, 6) is 0. The predicted molar refractivity (Wildman–Crippen MR) is 57.6 cm³/mol. The zero-order valence-electron chi connectivity index (χ0n) is 8.30. The summed E-state index contributed by atoms with van der Waals surface area (Å²) >= 11 is 0. The van der Waals surface area contributed by atoms with E-state index in [0.29, 0.717) is 0 Å². The maximum absolute atomic E-state index is 3.17. The Morgan fingerprint density at radius 2 is 2.23 bits per heavy atom. The number of fused-ring (bicyclic) bond motifs is 1. The number of nitrogens with one attached hydrogen (secondary N) is 1. The van der Waals surface area contributed by atoms with Crippen LogP contribution in [0, 0.1) is 0 Å². The van der Waals surface area contributed by atoms with E-state index >= 15 is 0 Å². The molecular weight excluding hydrogens is 160 g/mol. The second kappa shape index (κ2) is 3.29. The maximum atomic E-state index is 3.17. The van der Waals surface area contributed by atoms with Gasteiger partial charge in [-0.2, -0.15) is 0 Å². The molecule has 0 unspecified atom stereocenters. The van der Waals surface area contributed by atoms with Crippen molar-refractivity contribution < 1.29 is 0 Å². The summed E-state index contributed by atoms with van der Waals surface area (Å²) in [6.45, 7) is 1.18. The van der Waals surface area contributed by atoms with Gasteiger partial charge in [-0.25, -0.2) is 0 Å². The van der Waals surface area contributed by atoms with Crippen molar-refractivity contribution in [3.63, 3.8) is 0 Å². The van der Waals surface area contributed by atoms with Crippen molar-refractivity contribution in [2.24, 2.45) is 0 Å². The molecule has 2 nitrogen and oxygen atoms in total. The average molecular weight is 176 g/mol. The number of hydrogen-bond acceptors (Lipinski definition) is 2. The van der Waals surface area contributed by atoms with Gasteiger partial charge in [0.2, 0.25) is 0 Å². The minimum atomic E-state index is 1.18. The van der Waals surface area contributed by atoms with Crippen molar-refractivity contribution >= 4 is 11.4 Å². The highest BCUT2D eigenvalue weighted by Gasteiger charge is 2.12. The van der Waals surface area contributed by atoms with Gasteiger partial charge in [-0.1, -0.05) is 6.07 Å². The first-order chi connectivity index (χ1) is 6.31. The van der Waals surface area contributed by atoms with Crippen LogP contribution in [0.15, 0.2) is 18.2 Å². The third-order valence-corrected chi connectivity index (χ3v) is 2.72. The lowest BCUT2D eigenvalue weighted by molar-refractivity contribution is 0.745. The van der Waals surface area contributed by atoms with Crippen LogP contribution >= 0.6 is 0 Å². The Hall–Kier alpha value is -1.18. The standard InChI is InChI=1S/C11H16N2/c1-12-10-6-5-9-4-3-7-13(2)11(9)8-10/h5-6,8,12H,3-4,7H2,1-2H3. The van der Waals surface area contributed by atoms with E-state index in [4.69, 9.17) is 0 Å². The summed E-state index contributed by atoms with van der Waals surface area (Å²) in [5.41, 5.74) is 4.07. The van der Waals surface area contributed by atoms with E-state index in [9.17, 15) is 0 Å². The fraction of sp³-hybridized carbons (Fsp3) is 0.455. The summed E-state index contributed by atoms with van der Waals surface area (Å²) in [7, 11) is 4.13. The highest BCUT2D eigenvalue weighted by atomic mass is 15.1. The van der Waals surface area contributed by atoms with Crippen LogP contribution in [0.3, 0.4) is 0 Å². The largest absolute Gasteiger partial charge is 0.388 e. The molecule has 1 aliphatic heterocycles. The summed E-state index contributed by atoms with van der Waals surface area (Å²) in [6.07, 6.45) is 2.51. The Morgan fingerprint density at radius 3 is 3.00 bits per heavy atom. The number of benzene rings is 1. The first-order valence-electron chi connectivity index (χ1n) is 4.83. The SMILES string of the molecule is CNc1ccc2c(c1)N(C)CCC2. The van der Waals surface area contributed by atoms with Gasteiger partial charge in [0.05, 0.1) is 0 Å². The second-order valence-electron chi connectivity index (χ2n) is 3.62. The molecule has 0 amide bonds. The molecule has 0 saturated carbocycles. The van der Waals surface area contributed by atoms with Crippen molar-refractivity contribution in [2.75, 3.05) is 30.9 Å². The van der Waals surface area contributed by atoms with Gasteiger partial charge in [-0.15, -0.1) is 0 Å². The Balaban J connectivity index is 2.41. The van der Waals surface area contributed by atoms with Crippen LogP contribution in [-0.4, -0.2) is 20.6 Å². The fourth-order valence-electron chi connectivity index (χ4n) is 1.91. The molecule has 0 atom stereocenters. The number of anilines is 2. The van der Waals surface area contributed by atoms with Crippen molar-refractivity contribution in [3.8, 4) is 0 Å². The molecule has 70 valence electrons. The molecule has 2 rings (SSSR count). The molecule has 0 spiro atoms. The smallest absolute Gasteiger partial charge is 0.0416 e. The lowest BCUT2D eigenvalue weighted by Gasteiger charge is -2.27. The zero-order valence-corrected chi connectivity index (χ0v) is 8.30. The van der Waals surface area contributed by atoms with Gasteiger partial charge in [0.1, 0.15) is 0 Å². The summed E-state index contributed by atoms with van der Waals surface area (Å²) in [4.78, 5) is 2.33. The van der Waals surface area contributed by atoms with E-state index in [1.54, 1.807) is 0 Å². The van der Waals surface area contributed by atoms with Gasteiger partial charge >= 0.3 is 0 Å². The first kappa shape index (κ1) is 8.42. The lowest BCUT2D eigenvalue weighted by atomic mass is 10.0. The van der Waals surface area contributed by atoms with E-state index in [1.165, 1.54) is 36.3 Å². The lowest BCUT2D eigenvalue weighted by Crippen LogP contribution is -2.24. The minimum Gasteiger partial charge on any atom is -0.388 e. The summed E-state index contributed by atoms with van der Waals surface area (Å²) in [5, 5.41) is 3.17. The molecule has 1 aromatic rings. The van der Waals surface area contributed by atoms with Gasteiger partial charge in [-0.05, 0) is 30.5 Å². The Morgan fingerprint density at radius 1 is 1.38 bits per heavy atom. The number of aryl methyl sites for hydroxylation is 1. The highest BCUT2D eigenvalue weighted by Crippen LogP contribution is 2.28. The molecule has 0 fully saturated rings. The van der Waals surface area contributed by atoms with E-state index in [2.05, 4.69) is 35.5 Å². The van der Waals surface area contributed by atoms with Gasteiger partial charge in [0.15, 0.2) is 0 Å². The Kier molecular flexibility index (Phi) is 2.13. The molecule has 0 saturated heterocycles. The molecule has 1 heterocycles. The van der Waals surface area contributed by atoms with Gasteiger partial charge in [-0.3, -0.25) is 0 Å². The third kappa shape index (κ3) is 1.48. The van der Waals surface area contributed by atoms with Crippen molar-refractivity contribution in [1.29, 1.82) is 0 Å². The molecule has 0 bridgehead atoms. The van der Waals surface area contributed by atoms with E-state index in [0.717, 1.165) is 0 Å². The molecule has 0 radical (unpaired) electrons. The molecule has 2 heteroatoms. The van der Waals surface area contributed by atoms with Gasteiger partial charge < -0.3 is 10.2 Å². The second-order valence-corrected chi connectivity index (χ2v) is 3.62. The normalized spacial score (nSPS) is 15.4. The number of rotatable bonds is 1. The topological polar surface area (TPSA) is 15.3 Å². The van der Waals surface area contributed by atoms with Crippen molar-refractivity contribution in [3.05, 3.63) is 23.8 Å². The van der Waals surface area contributed by atoms with Crippen LogP contribution in [0.2, 0.25) is 0 Å². The summed E-state index contributed by atoms with van der Waals surface area (Å²) < 4.78 is 0. The van der Waals surface area contributed by atoms with Crippen LogP contribution in [0.5, 0.6) is 0 Å². The maximum Gasteiger partial charge on any atom is 0.0416 e. The highest BCUT2D eigenvalue weighted by molar-refractivity contribution is 5.63. The third-order valence-electron chi connectivity index (χ3n) is 2.72. The van der Waals surface area contributed by atoms with Crippen molar-refractivity contribution in [2.45, 2.75) is 12.8 Å². The molecule has 13 heavy (non-hydrogen) atoms. The summed E-state index contributed by atoms with van der Waals surface area (Å²) in [6, 6.07) is 6.61. The quantitative estimate of drug-likeness (QED) is 0.705. The first-order valence-corrected chi connectivity index (χ1v) is 4.83. The van der Waals surface area contributed by atoms with Gasteiger partial charge in [0, 0.05) is 32.0 Å². The molecular formula is C11H16N2. The zero-order chi connectivity index (χ0) is 9.26.